The van der Waals surface area contributed by atoms with Gasteiger partial charge in [-0.15, -0.1) is 11.8 Å². The van der Waals surface area contributed by atoms with Crippen LogP contribution in [-0.4, -0.2) is 19.3 Å². The van der Waals surface area contributed by atoms with Gasteiger partial charge in [0.2, 0.25) is 5.91 Å². The molecule has 0 aliphatic carbocycles. The molecule has 4 heteroatoms. The Bertz CT molecular complexity index is 742. The number of β-lactam (4-membered cyclic amide) rings is 1. The molecule has 1 fully saturated rings. The van der Waals surface area contributed by atoms with Crippen LogP contribution in [0.5, 0.6) is 5.75 Å². The van der Waals surface area contributed by atoms with Crippen molar-refractivity contribution in [3.63, 3.8) is 0 Å². The lowest BCUT2D eigenvalue weighted by atomic mass is 9.70. The Kier molecular flexibility index (Phi) is 4.11. The van der Waals surface area contributed by atoms with Crippen molar-refractivity contribution in [3.05, 3.63) is 54.1 Å². The molecular formula is C19H21NO2S. The number of methoxy groups -OCH3 is 1. The molecule has 1 amide bonds. The van der Waals surface area contributed by atoms with E-state index in [-0.39, 0.29) is 11.9 Å². The number of hydrogen-bond acceptors (Lipinski definition) is 3. The van der Waals surface area contributed by atoms with Crippen LogP contribution in [0.1, 0.15) is 25.5 Å². The van der Waals surface area contributed by atoms with Crippen LogP contribution in [-0.2, 0) is 4.79 Å². The molecule has 2 aromatic rings. The highest BCUT2D eigenvalue weighted by atomic mass is 32.2. The molecule has 2 aromatic carbocycles. The highest BCUT2D eigenvalue weighted by molar-refractivity contribution is 7.98. The second-order valence-electron chi connectivity index (χ2n) is 6.24. The lowest BCUT2D eigenvalue weighted by molar-refractivity contribution is -0.137. The summed E-state index contributed by atoms with van der Waals surface area (Å²) in [5, 5.41) is 0. The zero-order valence-electron chi connectivity index (χ0n) is 13.9. The van der Waals surface area contributed by atoms with Crippen molar-refractivity contribution in [2.24, 2.45) is 5.41 Å². The fraction of sp³-hybridized carbons (Fsp3) is 0.316. The molecule has 1 unspecified atom stereocenters. The summed E-state index contributed by atoms with van der Waals surface area (Å²) in [6.45, 7) is 4.00. The first-order chi connectivity index (χ1) is 11.0. The van der Waals surface area contributed by atoms with Gasteiger partial charge in [-0.2, -0.15) is 0 Å². The minimum atomic E-state index is -0.440. The van der Waals surface area contributed by atoms with E-state index < -0.39 is 5.41 Å². The highest BCUT2D eigenvalue weighted by Crippen LogP contribution is 2.53. The van der Waals surface area contributed by atoms with Gasteiger partial charge < -0.3 is 9.64 Å². The topological polar surface area (TPSA) is 29.5 Å². The largest absolute Gasteiger partial charge is 0.496 e. The van der Waals surface area contributed by atoms with Crippen molar-refractivity contribution in [3.8, 4) is 5.75 Å². The van der Waals surface area contributed by atoms with E-state index in [2.05, 4.69) is 12.1 Å². The van der Waals surface area contributed by atoms with Crippen molar-refractivity contribution in [2.45, 2.75) is 24.8 Å². The molecule has 0 radical (unpaired) electrons. The van der Waals surface area contributed by atoms with Gasteiger partial charge in [0.1, 0.15) is 5.75 Å². The van der Waals surface area contributed by atoms with Crippen LogP contribution in [0.3, 0.4) is 0 Å². The van der Waals surface area contributed by atoms with Crippen LogP contribution >= 0.6 is 11.8 Å². The number of amides is 1. The summed E-state index contributed by atoms with van der Waals surface area (Å²) in [5.41, 5.74) is 1.55. The first-order valence-corrected chi connectivity index (χ1v) is 8.84. The van der Waals surface area contributed by atoms with E-state index in [4.69, 9.17) is 4.74 Å². The van der Waals surface area contributed by atoms with Gasteiger partial charge in [0.05, 0.1) is 18.6 Å². The molecule has 0 spiro atoms. The van der Waals surface area contributed by atoms with E-state index in [0.29, 0.717) is 0 Å². The van der Waals surface area contributed by atoms with Crippen molar-refractivity contribution >= 4 is 23.4 Å². The van der Waals surface area contributed by atoms with Gasteiger partial charge in [0, 0.05) is 16.1 Å². The summed E-state index contributed by atoms with van der Waals surface area (Å²) in [7, 11) is 1.67. The first kappa shape index (κ1) is 15.9. The molecule has 0 aromatic heterocycles. The summed E-state index contributed by atoms with van der Waals surface area (Å²) < 4.78 is 5.52. The van der Waals surface area contributed by atoms with Crippen LogP contribution < -0.4 is 9.64 Å². The maximum atomic E-state index is 12.7. The summed E-state index contributed by atoms with van der Waals surface area (Å²) >= 11 is 1.68. The average molecular weight is 327 g/mol. The molecule has 1 aliphatic heterocycles. The first-order valence-electron chi connectivity index (χ1n) is 7.61. The van der Waals surface area contributed by atoms with Crippen molar-refractivity contribution < 1.29 is 9.53 Å². The summed E-state index contributed by atoms with van der Waals surface area (Å²) in [6.07, 6.45) is 2.04. The second kappa shape index (κ2) is 5.93. The second-order valence-corrected chi connectivity index (χ2v) is 7.12. The van der Waals surface area contributed by atoms with Crippen LogP contribution in [0.25, 0.3) is 0 Å². The molecule has 1 heterocycles. The third-order valence-electron chi connectivity index (χ3n) is 4.48. The fourth-order valence-corrected chi connectivity index (χ4v) is 3.70. The molecule has 23 heavy (non-hydrogen) atoms. The van der Waals surface area contributed by atoms with Crippen molar-refractivity contribution in [2.75, 3.05) is 18.3 Å². The number of benzene rings is 2. The van der Waals surface area contributed by atoms with Crippen LogP contribution in [0.15, 0.2) is 53.4 Å². The number of hydrogen-bond donors (Lipinski definition) is 0. The van der Waals surface area contributed by atoms with Gasteiger partial charge >= 0.3 is 0 Å². The molecule has 0 saturated carbocycles. The van der Waals surface area contributed by atoms with E-state index in [1.165, 1.54) is 0 Å². The molecule has 3 nitrogen and oxygen atoms in total. The van der Waals surface area contributed by atoms with Crippen molar-refractivity contribution in [1.29, 1.82) is 0 Å². The zero-order valence-corrected chi connectivity index (χ0v) is 14.7. The SMILES string of the molecule is COc1ccccc1C1N(c2cccc(SC)c2)C(=O)C1(C)C. The molecule has 0 N–H and O–H groups in total. The molecule has 3 rings (SSSR count). The Labute approximate surface area is 141 Å². The zero-order chi connectivity index (χ0) is 16.6. The minimum Gasteiger partial charge on any atom is -0.496 e. The number of carbonyl (C=O) groups is 1. The van der Waals surface area contributed by atoms with Gasteiger partial charge in [-0.25, -0.2) is 0 Å². The Morgan fingerprint density at radius 2 is 1.87 bits per heavy atom. The fourth-order valence-electron chi connectivity index (χ4n) is 3.25. The maximum absolute atomic E-state index is 12.7. The number of ether oxygens (including phenoxy) is 1. The maximum Gasteiger partial charge on any atom is 0.235 e. The molecule has 1 saturated heterocycles. The van der Waals surface area contributed by atoms with E-state index in [0.717, 1.165) is 21.9 Å². The monoisotopic (exact) mass is 327 g/mol. The summed E-state index contributed by atoms with van der Waals surface area (Å²) in [6, 6.07) is 16.0. The van der Waals surface area contributed by atoms with Crippen LogP contribution in [0, 0.1) is 5.41 Å². The number of rotatable bonds is 4. The number of carbonyl (C=O) groups excluding carboxylic acids is 1. The van der Waals surface area contributed by atoms with Gasteiger partial charge in [-0.3, -0.25) is 4.79 Å². The number of para-hydroxylation sites is 1. The Morgan fingerprint density at radius 3 is 2.57 bits per heavy atom. The lowest BCUT2D eigenvalue weighted by Crippen LogP contribution is -2.61. The molecular weight excluding hydrogens is 306 g/mol. The highest BCUT2D eigenvalue weighted by Gasteiger charge is 2.56. The third kappa shape index (κ3) is 2.51. The summed E-state index contributed by atoms with van der Waals surface area (Å²) in [4.78, 5) is 15.8. The summed E-state index contributed by atoms with van der Waals surface area (Å²) in [5.74, 6) is 0.968. The van der Waals surface area contributed by atoms with E-state index in [9.17, 15) is 4.79 Å². The molecule has 120 valence electrons. The molecule has 0 bridgehead atoms. The quantitative estimate of drug-likeness (QED) is 0.610. The van der Waals surface area contributed by atoms with E-state index >= 15 is 0 Å². The predicted octanol–water partition coefficient (Wildman–Crippen LogP) is 4.53. The minimum absolute atomic E-state index is 0.0248. The lowest BCUT2D eigenvalue weighted by Gasteiger charge is -2.53. The Balaban J connectivity index is 2.07. The van der Waals surface area contributed by atoms with Crippen LogP contribution in [0.2, 0.25) is 0 Å². The Morgan fingerprint density at radius 1 is 1.13 bits per heavy atom. The predicted molar refractivity (Wildman–Crippen MR) is 95.2 cm³/mol. The van der Waals surface area contributed by atoms with Gasteiger partial charge in [0.15, 0.2) is 0 Å². The van der Waals surface area contributed by atoms with Gasteiger partial charge in [-0.1, -0.05) is 24.3 Å². The standard InChI is InChI=1S/C19H21NO2S/c1-19(2)17(15-10-5-6-11-16(15)22-3)20(18(19)21)13-8-7-9-14(12-13)23-4/h5-12,17H,1-4H3. The Hall–Kier alpha value is -1.94. The van der Waals surface area contributed by atoms with Gasteiger partial charge in [-0.05, 0) is 44.4 Å². The number of nitrogens with zero attached hydrogens (tertiary/aromatic N) is 1. The number of anilines is 1. The number of thioether (sulfide) groups is 1. The van der Waals surface area contributed by atoms with E-state index in [1.54, 1.807) is 18.9 Å². The smallest absolute Gasteiger partial charge is 0.235 e. The normalized spacial score (nSPS) is 19.4. The van der Waals surface area contributed by atoms with Crippen LogP contribution in [0.4, 0.5) is 5.69 Å². The van der Waals surface area contributed by atoms with Crippen molar-refractivity contribution in [1.82, 2.24) is 0 Å². The molecule has 1 atom stereocenters. The average Bonchev–Trinajstić information content (AvgIpc) is 2.59. The van der Waals surface area contributed by atoms with Gasteiger partial charge in [0.25, 0.3) is 0 Å². The third-order valence-corrected chi connectivity index (χ3v) is 5.20. The molecule has 1 aliphatic rings. The van der Waals surface area contributed by atoms with E-state index in [1.807, 2.05) is 61.4 Å².